The molecule has 0 saturated heterocycles. The Morgan fingerprint density at radius 1 is 0.938 bits per heavy atom. The van der Waals surface area contributed by atoms with Crippen LogP contribution in [0.25, 0.3) is 10.9 Å². The Bertz CT molecular complexity index is 1300. The van der Waals surface area contributed by atoms with Gasteiger partial charge in [-0.1, -0.05) is 71.7 Å². The summed E-state index contributed by atoms with van der Waals surface area (Å²) in [5.74, 6) is 0. The van der Waals surface area contributed by atoms with Gasteiger partial charge >= 0.3 is 0 Å². The lowest BCUT2D eigenvalue weighted by Crippen LogP contribution is -2.25. The van der Waals surface area contributed by atoms with E-state index in [1.165, 1.54) is 0 Å². The molecule has 0 fully saturated rings. The highest BCUT2D eigenvalue weighted by Crippen LogP contribution is 2.32. The van der Waals surface area contributed by atoms with E-state index in [1.807, 2.05) is 67.6 Å². The van der Waals surface area contributed by atoms with E-state index in [4.69, 9.17) is 27.9 Å². The molecule has 1 heterocycles. The molecule has 0 N–H and O–H groups in total. The number of aromatic nitrogens is 1. The zero-order valence-electron chi connectivity index (χ0n) is 17.6. The van der Waals surface area contributed by atoms with Gasteiger partial charge in [-0.15, -0.1) is 0 Å². The van der Waals surface area contributed by atoms with Crippen molar-refractivity contribution in [3.63, 3.8) is 0 Å². The lowest BCUT2D eigenvalue weighted by Gasteiger charge is -2.17. The minimum atomic E-state index is -0.0167. The summed E-state index contributed by atoms with van der Waals surface area (Å²) in [5.41, 5.74) is 4.64. The van der Waals surface area contributed by atoms with E-state index in [9.17, 15) is 4.79 Å². The van der Waals surface area contributed by atoms with Crippen LogP contribution in [0.3, 0.4) is 0 Å². The van der Waals surface area contributed by atoms with E-state index >= 15 is 0 Å². The second-order valence-electron chi connectivity index (χ2n) is 7.67. The van der Waals surface area contributed by atoms with Crippen molar-refractivity contribution in [1.82, 2.24) is 4.57 Å². The molecule has 0 unspecified atom stereocenters. The third kappa shape index (κ3) is 4.94. The Labute approximate surface area is 205 Å². The quantitative estimate of drug-likeness (QED) is 0.187. The molecule has 32 heavy (non-hydrogen) atoms. The minimum absolute atomic E-state index is 0.0167. The first-order chi connectivity index (χ1) is 15.5. The molecule has 0 aliphatic rings. The summed E-state index contributed by atoms with van der Waals surface area (Å²) in [6, 6.07) is 21.7. The Kier molecular flexibility index (Phi) is 7.37. The van der Waals surface area contributed by atoms with E-state index in [2.05, 4.69) is 22.0 Å². The van der Waals surface area contributed by atoms with Crippen LogP contribution >= 0.6 is 39.1 Å². The average molecular weight is 531 g/mol. The lowest BCUT2D eigenvalue weighted by atomic mass is 10.0. The Balaban J connectivity index is 1.63. The van der Waals surface area contributed by atoms with Gasteiger partial charge in [-0.2, -0.15) is 0 Å². The Morgan fingerprint density at radius 3 is 2.31 bits per heavy atom. The molecular formula is C26H22BrCl2NO2. The minimum Gasteiger partial charge on any atom is -0.376 e. The zero-order valence-corrected chi connectivity index (χ0v) is 20.7. The summed E-state index contributed by atoms with van der Waals surface area (Å²) in [4.78, 5) is 13.3. The van der Waals surface area contributed by atoms with Crippen molar-refractivity contribution in [2.24, 2.45) is 0 Å². The van der Waals surface area contributed by atoms with Gasteiger partial charge in [0.2, 0.25) is 0 Å². The summed E-state index contributed by atoms with van der Waals surface area (Å²) < 4.78 is 8.33. The first-order valence-electron chi connectivity index (χ1n) is 10.3. The van der Waals surface area contributed by atoms with Crippen LogP contribution in [0, 0.1) is 6.92 Å². The molecule has 0 aliphatic carbocycles. The number of ether oxygens (including phenoxy) is 1. The van der Waals surface area contributed by atoms with E-state index < -0.39 is 0 Å². The first-order valence-corrected chi connectivity index (χ1v) is 11.9. The maximum Gasteiger partial charge on any atom is 0.254 e. The fraction of sp³-hybridized carbons (Fsp3) is 0.192. The maximum absolute atomic E-state index is 13.3. The van der Waals surface area contributed by atoms with Gasteiger partial charge in [0.15, 0.2) is 0 Å². The van der Waals surface area contributed by atoms with Crippen molar-refractivity contribution < 1.29 is 4.74 Å². The fourth-order valence-electron chi connectivity index (χ4n) is 3.91. The standard InChI is InChI=1S/C26H22BrCl2NO2/c1-17-20(11-12-32-16-18-7-3-2-4-8-18)21-9-5-6-10-24(21)30(26(17)31)15-19-13-22(28)25(27)23(29)14-19/h2-10,13-14H,11-12,15-16H2,1H3. The fourth-order valence-corrected chi connectivity index (χ4v) is 4.67. The van der Waals surface area contributed by atoms with Crippen LogP contribution in [0.1, 0.15) is 22.3 Å². The van der Waals surface area contributed by atoms with Crippen molar-refractivity contribution >= 4 is 50.0 Å². The molecule has 0 atom stereocenters. The van der Waals surface area contributed by atoms with Crippen LogP contribution in [0.15, 0.2) is 76.0 Å². The van der Waals surface area contributed by atoms with Crippen molar-refractivity contribution in [3.8, 4) is 0 Å². The highest BCUT2D eigenvalue weighted by atomic mass is 79.9. The molecule has 0 radical (unpaired) electrons. The largest absolute Gasteiger partial charge is 0.376 e. The second-order valence-corrected chi connectivity index (χ2v) is 9.28. The van der Waals surface area contributed by atoms with E-state index in [0.717, 1.165) is 33.2 Å². The number of benzene rings is 3. The summed E-state index contributed by atoms with van der Waals surface area (Å²) in [7, 11) is 0. The highest BCUT2D eigenvalue weighted by molar-refractivity contribution is 9.10. The molecule has 0 spiro atoms. The number of fused-ring (bicyclic) bond motifs is 1. The molecule has 0 amide bonds. The summed E-state index contributed by atoms with van der Waals surface area (Å²) in [6.45, 7) is 3.37. The topological polar surface area (TPSA) is 31.2 Å². The first kappa shape index (κ1) is 23.1. The van der Waals surface area contributed by atoms with Gasteiger partial charge in [-0.3, -0.25) is 4.79 Å². The van der Waals surface area contributed by atoms with Crippen LogP contribution in [-0.4, -0.2) is 11.2 Å². The second kappa shape index (κ2) is 10.2. The van der Waals surface area contributed by atoms with Gasteiger partial charge in [-0.25, -0.2) is 0 Å². The van der Waals surface area contributed by atoms with Gasteiger partial charge < -0.3 is 9.30 Å². The van der Waals surface area contributed by atoms with Crippen LogP contribution in [-0.2, 0) is 24.3 Å². The highest BCUT2D eigenvalue weighted by Gasteiger charge is 2.15. The molecule has 3 nitrogen and oxygen atoms in total. The van der Waals surface area contributed by atoms with Crippen LogP contribution in [0.2, 0.25) is 10.0 Å². The number of halogens is 3. The molecule has 164 valence electrons. The smallest absolute Gasteiger partial charge is 0.254 e. The van der Waals surface area contributed by atoms with Gasteiger partial charge in [0, 0.05) is 10.9 Å². The molecule has 6 heteroatoms. The normalized spacial score (nSPS) is 11.2. The Hall–Kier alpha value is -2.11. The number of para-hydroxylation sites is 1. The maximum atomic E-state index is 13.3. The SMILES string of the molecule is Cc1c(CCOCc2ccccc2)c2ccccc2n(Cc2cc(Cl)c(Br)c(Cl)c2)c1=O. The monoisotopic (exact) mass is 529 g/mol. The molecule has 1 aromatic heterocycles. The number of hydrogen-bond donors (Lipinski definition) is 0. The number of pyridine rings is 1. The summed E-state index contributed by atoms with van der Waals surface area (Å²) in [6.07, 6.45) is 0.672. The lowest BCUT2D eigenvalue weighted by molar-refractivity contribution is 0.124. The van der Waals surface area contributed by atoms with E-state index in [0.29, 0.717) is 40.7 Å². The van der Waals surface area contributed by atoms with Gasteiger partial charge in [-0.05, 0) is 64.2 Å². The van der Waals surface area contributed by atoms with Gasteiger partial charge in [0.25, 0.3) is 5.56 Å². The third-order valence-electron chi connectivity index (χ3n) is 5.53. The number of nitrogens with zero attached hydrogens (tertiary/aromatic N) is 1. The molecule has 0 saturated carbocycles. The van der Waals surface area contributed by atoms with Crippen molar-refractivity contribution in [3.05, 3.63) is 114 Å². The van der Waals surface area contributed by atoms with Crippen LogP contribution in [0.5, 0.6) is 0 Å². The predicted octanol–water partition coefficient (Wildman–Crippen LogP) is 7.19. The molecule has 3 aromatic carbocycles. The van der Waals surface area contributed by atoms with Gasteiger partial charge in [0.1, 0.15) is 0 Å². The molecule has 4 rings (SSSR count). The van der Waals surface area contributed by atoms with Crippen molar-refractivity contribution in [2.45, 2.75) is 26.5 Å². The zero-order chi connectivity index (χ0) is 22.7. The van der Waals surface area contributed by atoms with Gasteiger partial charge in [0.05, 0.1) is 39.8 Å². The van der Waals surface area contributed by atoms with Crippen molar-refractivity contribution in [2.75, 3.05) is 6.61 Å². The van der Waals surface area contributed by atoms with E-state index in [1.54, 1.807) is 4.57 Å². The van der Waals surface area contributed by atoms with Crippen LogP contribution < -0.4 is 5.56 Å². The molecule has 4 aromatic rings. The average Bonchev–Trinajstić information content (AvgIpc) is 2.80. The summed E-state index contributed by atoms with van der Waals surface area (Å²) >= 11 is 15.9. The van der Waals surface area contributed by atoms with Crippen LogP contribution in [0.4, 0.5) is 0 Å². The third-order valence-corrected chi connectivity index (χ3v) is 7.44. The number of rotatable bonds is 7. The number of hydrogen-bond acceptors (Lipinski definition) is 2. The van der Waals surface area contributed by atoms with Crippen molar-refractivity contribution in [1.29, 1.82) is 0 Å². The predicted molar refractivity (Wildman–Crippen MR) is 136 cm³/mol. The molecule has 0 bridgehead atoms. The molecular weight excluding hydrogens is 509 g/mol. The summed E-state index contributed by atoms with van der Waals surface area (Å²) in [5, 5.41) is 2.10. The van der Waals surface area contributed by atoms with E-state index in [-0.39, 0.29) is 5.56 Å². The molecule has 0 aliphatic heterocycles. The Morgan fingerprint density at radius 2 is 1.59 bits per heavy atom.